The lowest BCUT2D eigenvalue weighted by molar-refractivity contribution is -0.118. The van der Waals surface area contributed by atoms with Gasteiger partial charge in [0.25, 0.3) is 0 Å². The fraction of sp³-hybridized carbons (Fsp3) is 0.417. The van der Waals surface area contributed by atoms with Crippen molar-refractivity contribution in [3.63, 3.8) is 0 Å². The predicted octanol–water partition coefficient (Wildman–Crippen LogP) is 1.67. The molecule has 4 nitrogen and oxygen atoms in total. The van der Waals surface area contributed by atoms with Crippen LogP contribution in [0, 0.1) is 0 Å². The van der Waals surface area contributed by atoms with E-state index in [0.29, 0.717) is 17.3 Å². The molecule has 1 aliphatic rings. The second kappa shape index (κ2) is 4.94. The van der Waals surface area contributed by atoms with E-state index in [1.165, 1.54) is 0 Å². The molecule has 0 aromatic heterocycles. The number of hydrogen-bond acceptors (Lipinski definition) is 3. The minimum absolute atomic E-state index is 0.0630. The maximum Gasteiger partial charge on any atom is 0.244 e. The third kappa shape index (κ3) is 2.10. The monoisotopic (exact) mass is 254 g/mol. The first-order valence-corrected chi connectivity index (χ1v) is 5.88. The van der Waals surface area contributed by atoms with E-state index in [1.54, 1.807) is 25.1 Å². The summed E-state index contributed by atoms with van der Waals surface area (Å²) in [6.07, 6.45) is 0.797. The van der Waals surface area contributed by atoms with Crippen molar-refractivity contribution in [2.45, 2.75) is 12.5 Å². The van der Waals surface area contributed by atoms with Crippen LogP contribution < -0.4 is 15.0 Å². The van der Waals surface area contributed by atoms with Crippen LogP contribution in [-0.2, 0) is 4.79 Å². The Kier molecular flexibility index (Phi) is 3.54. The van der Waals surface area contributed by atoms with Gasteiger partial charge in [0.05, 0.1) is 23.9 Å². The highest BCUT2D eigenvalue weighted by atomic mass is 35.5. The van der Waals surface area contributed by atoms with Crippen molar-refractivity contribution in [1.82, 2.24) is 5.32 Å². The number of benzene rings is 1. The normalized spacial score (nSPS) is 19.8. The lowest BCUT2D eigenvalue weighted by Gasteiger charge is -2.20. The highest BCUT2D eigenvalue weighted by molar-refractivity contribution is 6.32. The van der Waals surface area contributed by atoms with Crippen LogP contribution in [0.3, 0.4) is 0 Å². The second-order valence-electron chi connectivity index (χ2n) is 3.91. The molecule has 1 fully saturated rings. The molecule has 1 heterocycles. The highest BCUT2D eigenvalue weighted by Crippen LogP contribution is 2.36. The van der Waals surface area contributed by atoms with Gasteiger partial charge in [0, 0.05) is 6.54 Å². The summed E-state index contributed by atoms with van der Waals surface area (Å²) >= 11 is 6.05. The molecule has 1 aromatic carbocycles. The summed E-state index contributed by atoms with van der Waals surface area (Å²) in [4.78, 5) is 13.8. The number of likely N-dealkylation sites (N-methyl/N-ethyl adjacent to an activating group) is 1. The Morgan fingerprint density at radius 2 is 2.29 bits per heavy atom. The molecule has 1 saturated heterocycles. The van der Waals surface area contributed by atoms with E-state index in [9.17, 15) is 4.79 Å². The van der Waals surface area contributed by atoms with Crippen molar-refractivity contribution in [2.24, 2.45) is 0 Å². The Labute approximate surface area is 106 Å². The minimum Gasteiger partial charge on any atom is -0.493 e. The average molecular weight is 255 g/mol. The number of nitrogens with one attached hydrogen (secondary N) is 1. The standard InChI is InChI=1S/C12H15ClN2O2/c1-14-9-6-7-15(12(9)16)10-5-3-4-8(13)11(10)17-2/h3-5,9,14H,6-7H2,1-2H3. The van der Waals surface area contributed by atoms with Crippen molar-refractivity contribution >= 4 is 23.2 Å². The van der Waals surface area contributed by atoms with Gasteiger partial charge in [0.15, 0.2) is 5.75 Å². The number of anilines is 1. The fourth-order valence-electron chi connectivity index (χ4n) is 2.10. The number of nitrogens with zero attached hydrogens (tertiary/aromatic N) is 1. The summed E-state index contributed by atoms with van der Waals surface area (Å²) in [7, 11) is 3.35. The maximum absolute atomic E-state index is 12.1. The number of carbonyl (C=O) groups excluding carboxylic acids is 1. The van der Waals surface area contributed by atoms with Crippen molar-refractivity contribution in [3.05, 3.63) is 23.2 Å². The van der Waals surface area contributed by atoms with Gasteiger partial charge >= 0.3 is 0 Å². The van der Waals surface area contributed by atoms with Crippen LogP contribution in [0.15, 0.2) is 18.2 Å². The van der Waals surface area contributed by atoms with E-state index in [2.05, 4.69) is 5.32 Å². The van der Waals surface area contributed by atoms with Gasteiger partial charge in [-0.2, -0.15) is 0 Å². The minimum atomic E-state index is -0.112. The maximum atomic E-state index is 12.1. The highest BCUT2D eigenvalue weighted by Gasteiger charge is 2.33. The number of rotatable bonds is 3. The largest absolute Gasteiger partial charge is 0.493 e. The zero-order chi connectivity index (χ0) is 12.4. The predicted molar refractivity (Wildman–Crippen MR) is 67.8 cm³/mol. The van der Waals surface area contributed by atoms with E-state index in [1.807, 2.05) is 12.1 Å². The molecule has 17 heavy (non-hydrogen) atoms. The lowest BCUT2D eigenvalue weighted by atomic mass is 10.2. The van der Waals surface area contributed by atoms with Crippen molar-refractivity contribution in [2.75, 3.05) is 25.6 Å². The van der Waals surface area contributed by atoms with E-state index in [4.69, 9.17) is 16.3 Å². The Hall–Kier alpha value is -1.26. The van der Waals surface area contributed by atoms with Crippen molar-refractivity contribution in [1.29, 1.82) is 0 Å². The zero-order valence-corrected chi connectivity index (χ0v) is 10.6. The molecule has 1 aromatic rings. The number of hydrogen-bond donors (Lipinski definition) is 1. The van der Waals surface area contributed by atoms with Gasteiger partial charge in [0.1, 0.15) is 0 Å². The molecule has 0 spiro atoms. The molecule has 2 rings (SSSR count). The molecule has 0 bridgehead atoms. The molecule has 1 unspecified atom stereocenters. The number of para-hydroxylation sites is 1. The topological polar surface area (TPSA) is 41.6 Å². The molecule has 1 N–H and O–H groups in total. The van der Waals surface area contributed by atoms with Gasteiger partial charge in [-0.15, -0.1) is 0 Å². The van der Waals surface area contributed by atoms with Crippen molar-refractivity contribution < 1.29 is 9.53 Å². The molecule has 1 atom stereocenters. The molecule has 0 radical (unpaired) electrons. The van der Waals surface area contributed by atoms with Crippen LogP contribution in [0.25, 0.3) is 0 Å². The summed E-state index contributed by atoms with van der Waals surface area (Å²) in [6.45, 7) is 0.682. The molecule has 92 valence electrons. The lowest BCUT2D eigenvalue weighted by Crippen LogP contribution is -2.36. The van der Waals surface area contributed by atoms with Crippen molar-refractivity contribution in [3.8, 4) is 5.75 Å². The number of ether oxygens (including phenoxy) is 1. The van der Waals surface area contributed by atoms with Crippen LogP contribution in [0.2, 0.25) is 5.02 Å². The average Bonchev–Trinajstić information content (AvgIpc) is 2.70. The summed E-state index contributed by atoms with van der Waals surface area (Å²) in [5.74, 6) is 0.618. The number of halogens is 1. The van der Waals surface area contributed by atoms with E-state index in [-0.39, 0.29) is 11.9 Å². The summed E-state index contributed by atoms with van der Waals surface area (Å²) in [5, 5.41) is 3.52. The molecular weight excluding hydrogens is 240 g/mol. The summed E-state index contributed by atoms with van der Waals surface area (Å²) in [6, 6.07) is 5.31. The van der Waals surface area contributed by atoms with Gasteiger partial charge in [-0.1, -0.05) is 17.7 Å². The molecule has 5 heteroatoms. The van der Waals surface area contributed by atoms with E-state index < -0.39 is 0 Å². The molecular formula is C12H15ClN2O2. The summed E-state index contributed by atoms with van der Waals surface area (Å²) < 4.78 is 5.26. The van der Waals surface area contributed by atoms with Gasteiger partial charge in [-0.3, -0.25) is 4.79 Å². The fourth-order valence-corrected chi connectivity index (χ4v) is 2.35. The van der Waals surface area contributed by atoms with Gasteiger partial charge < -0.3 is 15.0 Å². The Bertz CT molecular complexity index is 437. The Balaban J connectivity index is 2.35. The third-order valence-electron chi connectivity index (χ3n) is 3.00. The van der Waals surface area contributed by atoms with Crippen LogP contribution >= 0.6 is 11.6 Å². The molecule has 1 aliphatic heterocycles. The van der Waals surface area contributed by atoms with Crippen LogP contribution in [-0.4, -0.2) is 32.7 Å². The van der Waals surface area contributed by atoms with Crippen LogP contribution in [0.1, 0.15) is 6.42 Å². The smallest absolute Gasteiger partial charge is 0.244 e. The number of carbonyl (C=O) groups is 1. The molecule has 0 saturated carbocycles. The second-order valence-corrected chi connectivity index (χ2v) is 4.32. The first-order valence-electron chi connectivity index (χ1n) is 5.50. The Morgan fingerprint density at radius 3 is 2.88 bits per heavy atom. The van der Waals surface area contributed by atoms with Crippen LogP contribution in [0.4, 0.5) is 5.69 Å². The van der Waals surface area contributed by atoms with E-state index in [0.717, 1.165) is 12.1 Å². The quantitative estimate of drug-likeness (QED) is 0.892. The first-order chi connectivity index (χ1) is 8.19. The summed E-state index contributed by atoms with van der Waals surface area (Å²) in [5.41, 5.74) is 0.739. The first kappa shape index (κ1) is 12.2. The van der Waals surface area contributed by atoms with Gasteiger partial charge in [0.2, 0.25) is 5.91 Å². The van der Waals surface area contributed by atoms with Gasteiger partial charge in [-0.05, 0) is 25.6 Å². The number of amides is 1. The van der Waals surface area contributed by atoms with Crippen LogP contribution in [0.5, 0.6) is 5.75 Å². The van der Waals surface area contributed by atoms with E-state index >= 15 is 0 Å². The van der Waals surface area contributed by atoms with Gasteiger partial charge in [-0.25, -0.2) is 0 Å². The molecule has 0 aliphatic carbocycles. The number of methoxy groups -OCH3 is 1. The zero-order valence-electron chi connectivity index (χ0n) is 9.87. The SMILES string of the molecule is CNC1CCN(c2cccc(Cl)c2OC)C1=O. The Morgan fingerprint density at radius 1 is 1.53 bits per heavy atom. The third-order valence-corrected chi connectivity index (χ3v) is 3.29. The molecule has 1 amide bonds.